The van der Waals surface area contributed by atoms with Crippen LogP contribution < -0.4 is 5.73 Å². The summed E-state index contributed by atoms with van der Waals surface area (Å²) in [6.45, 7) is 6.09. The van der Waals surface area contributed by atoms with Crippen LogP contribution in [0.4, 0.5) is 0 Å². The van der Waals surface area contributed by atoms with Crippen molar-refractivity contribution in [2.24, 2.45) is 5.73 Å². The lowest BCUT2D eigenvalue weighted by molar-refractivity contribution is 0.290. The zero-order valence-corrected chi connectivity index (χ0v) is 12.8. The van der Waals surface area contributed by atoms with Gasteiger partial charge in [-0.2, -0.15) is 0 Å². The van der Waals surface area contributed by atoms with Crippen LogP contribution in [0.5, 0.6) is 5.75 Å². The molecule has 0 aromatic heterocycles. The first-order chi connectivity index (χ1) is 8.87. The molecule has 1 saturated carbocycles. The van der Waals surface area contributed by atoms with Crippen LogP contribution >= 0.6 is 11.6 Å². The van der Waals surface area contributed by atoms with Gasteiger partial charge >= 0.3 is 0 Å². The highest BCUT2D eigenvalue weighted by atomic mass is 35.5. The van der Waals surface area contributed by atoms with Gasteiger partial charge in [0.2, 0.25) is 0 Å². The van der Waals surface area contributed by atoms with Crippen molar-refractivity contribution >= 4 is 11.6 Å². The number of hydrogen-bond acceptors (Lipinski definition) is 2. The molecule has 2 rings (SSSR count). The van der Waals surface area contributed by atoms with Crippen molar-refractivity contribution in [3.05, 3.63) is 27.8 Å². The number of benzene rings is 1. The Hall–Kier alpha value is -0.730. The number of phenols is 1. The Kier molecular flexibility index (Phi) is 4.12. The molecule has 106 valence electrons. The van der Waals surface area contributed by atoms with Crippen LogP contribution in [0.25, 0.3) is 0 Å². The fourth-order valence-corrected chi connectivity index (χ4v) is 3.45. The number of aromatic hydroxyl groups is 1. The maximum absolute atomic E-state index is 10.6. The summed E-state index contributed by atoms with van der Waals surface area (Å²) in [7, 11) is 0. The molecule has 0 atom stereocenters. The summed E-state index contributed by atoms with van der Waals surface area (Å²) in [5.74, 6) is 0.602. The van der Waals surface area contributed by atoms with Crippen molar-refractivity contribution in [2.75, 3.05) is 0 Å². The molecule has 1 aliphatic carbocycles. The second-order valence-corrected chi connectivity index (χ2v) is 6.57. The van der Waals surface area contributed by atoms with E-state index >= 15 is 0 Å². The first kappa shape index (κ1) is 14.7. The molecular formula is C16H24ClNO. The van der Waals surface area contributed by atoms with Crippen molar-refractivity contribution < 1.29 is 5.11 Å². The lowest BCUT2D eigenvalue weighted by Crippen LogP contribution is -2.39. The predicted molar refractivity (Wildman–Crippen MR) is 80.9 cm³/mol. The van der Waals surface area contributed by atoms with Crippen LogP contribution in [0.1, 0.15) is 68.6 Å². The quantitative estimate of drug-likeness (QED) is 0.832. The lowest BCUT2D eigenvalue weighted by atomic mass is 9.74. The molecule has 2 nitrogen and oxygen atoms in total. The van der Waals surface area contributed by atoms with Gasteiger partial charge in [-0.05, 0) is 42.9 Å². The van der Waals surface area contributed by atoms with Crippen LogP contribution in [-0.2, 0) is 5.54 Å². The van der Waals surface area contributed by atoms with Gasteiger partial charge in [0.25, 0.3) is 0 Å². The fourth-order valence-electron chi connectivity index (χ4n) is 3.24. The SMILES string of the molecule is Cc1c(Cl)cc(C(C)C)c(O)c1C1(N)CCCCC1. The van der Waals surface area contributed by atoms with E-state index in [2.05, 4.69) is 13.8 Å². The van der Waals surface area contributed by atoms with Gasteiger partial charge in [-0.1, -0.05) is 44.7 Å². The van der Waals surface area contributed by atoms with Gasteiger partial charge in [0.1, 0.15) is 5.75 Å². The molecule has 0 unspecified atom stereocenters. The molecule has 0 aliphatic heterocycles. The minimum Gasteiger partial charge on any atom is -0.507 e. The van der Waals surface area contributed by atoms with Gasteiger partial charge in [0.05, 0.1) is 0 Å². The molecule has 1 aromatic carbocycles. The summed E-state index contributed by atoms with van der Waals surface area (Å²) in [4.78, 5) is 0. The molecule has 3 heteroatoms. The van der Waals surface area contributed by atoms with Gasteiger partial charge in [-0.15, -0.1) is 0 Å². The first-order valence-electron chi connectivity index (χ1n) is 7.18. The normalized spacial score (nSPS) is 18.8. The monoisotopic (exact) mass is 281 g/mol. The van der Waals surface area contributed by atoms with Gasteiger partial charge in [-0.25, -0.2) is 0 Å². The molecule has 3 N–H and O–H groups in total. The largest absolute Gasteiger partial charge is 0.507 e. The van der Waals surface area contributed by atoms with Crippen LogP contribution in [0.15, 0.2) is 6.07 Å². The number of hydrogen-bond donors (Lipinski definition) is 2. The van der Waals surface area contributed by atoms with Crippen molar-refractivity contribution in [3.8, 4) is 5.75 Å². The molecule has 19 heavy (non-hydrogen) atoms. The summed E-state index contributed by atoms with van der Waals surface area (Å²) in [5.41, 5.74) is 8.91. The summed E-state index contributed by atoms with van der Waals surface area (Å²) >= 11 is 6.35. The zero-order chi connectivity index (χ0) is 14.2. The van der Waals surface area contributed by atoms with Crippen molar-refractivity contribution in [2.45, 2.75) is 64.3 Å². The third-order valence-corrected chi connectivity index (χ3v) is 4.78. The Morgan fingerprint density at radius 1 is 1.26 bits per heavy atom. The van der Waals surface area contributed by atoms with E-state index in [1.54, 1.807) is 0 Å². The maximum atomic E-state index is 10.6. The molecular weight excluding hydrogens is 258 g/mol. The fraction of sp³-hybridized carbons (Fsp3) is 0.625. The molecule has 1 aliphatic rings. The minimum absolute atomic E-state index is 0.240. The highest BCUT2D eigenvalue weighted by Gasteiger charge is 2.35. The van der Waals surface area contributed by atoms with E-state index in [9.17, 15) is 5.11 Å². The Morgan fingerprint density at radius 2 is 1.84 bits per heavy atom. The Bertz CT molecular complexity index is 476. The van der Waals surface area contributed by atoms with E-state index in [4.69, 9.17) is 17.3 Å². The third kappa shape index (κ3) is 2.61. The standard InChI is InChI=1S/C16H24ClNO/c1-10(2)12-9-13(17)11(3)14(15(12)19)16(18)7-5-4-6-8-16/h9-10,19H,4-8,18H2,1-3H3. The Morgan fingerprint density at radius 3 is 2.37 bits per heavy atom. The van der Waals surface area contributed by atoms with Gasteiger partial charge in [0.15, 0.2) is 0 Å². The van der Waals surface area contributed by atoms with E-state index in [1.807, 2.05) is 13.0 Å². The number of phenolic OH excluding ortho intramolecular Hbond substituents is 1. The molecule has 0 heterocycles. The van der Waals surface area contributed by atoms with Gasteiger partial charge < -0.3 is 10.8 Å². The highest BCUT2D eigenvalue weighted by Crippen LogP contribution is 2.45. The van der Waals surface area contributed by atoms with Gasteiger partial charge in [0, 0.05) is 16.1 Å². The van der Waals surface area contributed by atoms with Crippen molar-refractivity contribution in [1.29, 1.82) is 0 Å². The molecule has 0 radical (unpaired) electrons. The summed E-state index contributed by atoms with van der Waals surface area (Å²) in [6, 6.07) is 1.88. The Balaban J connectivity index is 2.61. The van der Waals surface area contributed by atoms with Gasteiger partial charge in [-0.3, -0.25) is 0 Å². The molecule has 0 spiro atoms. The van der Waals surface area contributed by atoms with Crippen LogP contribution in [0.3, 0.4) is 0 Å². The molecule has 0 bridgehead atoms. The van der Waals surface area contributed by atoms with Crippen molar-refractivity contribution in [3.63, 3.8) is 0 Å². The second kappa shape index (κ2) is 5.34. The highest BCUT2D eigenvalue weighted by molar-refractivity contribution is 6.31. The number of rotatable bonds is 2. The minimum atomic E-state index is -0.416. The number of nitrogens with two attached hydrogens (primary N) is 1. The third-order valence-electron chi connectivity index (χ3n) is 4.39. The van der Waals surface area contributed by atoms with Crippen LogP contribution in [0.2, 0.25) is 5.02 Å². The van der Waals surface area contributed by atoms with Crippen LogP contribution in [-0.4, -0.2) is 5.11 Å². The van der Waals surface area contributed by atoms with E-state index in [0.29, 0.717) is 10.8 Å². The van der Waals surface area contributed by atoms with Crippen molar-refractivity contribution in [1.82, 2.24) is 0 Å². The topological polar surface area (TPSA) is 46.2 Å². The number of halogens is 1. The van der Waals surface area contributed by atoms with Crippen LogP contribution in [0, 0.1) is 6.92 Å². The maximum Gasteiger partial charge on any atom is 0.124 e. The van der Waals surface area contributed by atoms with E-state index in [-0.39, 0.29) is 5.92 Å². The molecule has 0 saturated heterocycles. The lowest BCUT2D eigenvalue weighted by Gasteiger charge is -2.36. The average molecular weight is 282 g/mol. The van der Waals surface area contributed by atoms with E-state index in [1.165, 1.54) is 6.42 Å². The van der Waals surface area contributed by atoms with E-state index < -0.39 is 5.54 Å². The summed E-state index contributed by atoms with van der Waals surface area (Å²) in [6.07, 6.45) is 5.34. The zero-order valence-electron chi connectivity index (χ0n) is 12.1. The van der Waals surface area contributed by atoms with E-state index in [0.717, 1.165) is 42.4 Å². The average Bonchev–Trinajstić information content (AvgIpc) is 2.34. The second-order valence-electron chi connectivity index (χ2n) is 6.17. The summed E-state index contributed by atoms with van der Waals surface area (Å²) in [5, 5.41) is 11.4. The molecule has 1 fully saturated rings. The first-order valence-corrected chi connectivity index (χ1v) is 7.56. The molecule has 1 aromatic rings. The summed E-state index contributed by atoms with van der Waals surface area (Å²) < 4.78 is 0. The smallest absolute Gasteiger partial charge is 0.124 e. The predicted octanol–water partition coefficient (Wildman–Crippen LogP) is 4.60. The molecule has 0 amide bonds. The Labute approximate surface area is 121 Å².